The van der Waals surface area contributed by atoms with E-state index in [1.54, 1.807) is 18.2 Å². The summed E-state index contributed by atoms with van der Waals surface area (Å²) in [5, 5.41) is 30.7. The van der Waals surface area contributed by atoms with E-state index in [0.29, 0.717) is 11.3 Å². The van der Waals surface area contributed by atoms with Gasteiger partial charge < -0.3 is 15.3 Å². The lowest BCUT2D eigenvalue weighted by molar-refractivity contribution is -0.0152. The predicted molar refractivity (Wildman–Crippen MR) is 53.3 cm³/mol. The molecule has 1 rings (SSSR count). The van der Waals surface area contributed by atoms with Gasteiger partial charge in [-0.25, -0.2) is 0 Å². The van der Waals surface area contributed by atoms with Crippen LogP contribution in [0.5, 0.6) is 0 Å². The van der Waals surface area contributed by atoms with E-state index in [-0.39, 0.29) is 0 Å². The molecular weight excluding hydrogens is 198 g/mol. The van der Waals surface area contributed by atoms with Gasteiger partial charge >= 0.3 is 0 Å². The molecule has 15 heavy (non-hydrogen) atoms. The number of hydrogen-bond acceptors (Lipinski definition) is 4. The topological polar surface area (TPSA) is 109 Å². The molecular formula is C9H11N3O3. The maximum Gasteiger partial charge on any atom is 0.107 e. The van der Waals surface area contributed by atoms with Crippen LogP contribution >= 0.6 is 0 Å². The largest absolute Gasteiger partial charge is 0.394 e. The second-order valence-electron chi connectivity index (χ2n) is 2.98. The first-order valence-electron chi connectivity index (χ1n) is 4.31. The van der Waals surface area contributed by atoms with Crippen LogP contribution < -0.4 is 0 Å². The fourth-order valence-corrected chi connectivity index (χ4v) is 1.14. The van der Waals surface area contributed by atoms with E-state index in [2.05, 4.69) is 10.0 Å². The van der Waals surface area contributed by atoms with E-state index in [1.807, 2.05) is 0 Å². The Bertz CT molecular complexity index is 377. The smallest absolute Gasteiger partial charge is 0.107 e. The minimum absolute atomic E-state index is 0.346. The third-order valence-corrected chi connectivity index (χ3v) is 1.92. The Morgan fingerprint density at radius 2 is 2.13 bits per heavy atom. The van der Waals surface area contributed by atoms with Crippen molar-refractivity contribution in [2.45, 2.75) is 12.2 Å². The number of nitrogens with zero attached hydrogens (tertiary/aromatic N) is 3. The normalized spacial score (nSPS) is 14.1. The highest BCUT2D eigenvalue weighted by Gasteiger charge is 2.17. The Hall–Kier alpha value is -1.59. The van der Waals surface area contributed by atoms with Gasteiger partial charge in [0.1, 0.15) is 12.2 Å². The van der Waals surface area contributed by atoms with Crippen LogP contribution in [0.15, 0.2) is 29.4 Å². The summed E-state index contributed by atoms with van der Waals surface area (Å²) >= 11 is 0. The molecule has 0 aliphatic heterocycles. The van der Waals surface area contributed by atoms with E-state index in [9.17, 15) is 10.2 Å². The Kier molecular flexibility index (Phi) is 4.08. The van der Waals surface area contributed by atoms with E-state index in [4.69, 9.17) is 10.6 Å². The van der Waals surface area contributed by atoms with Gasteiger partial charge in [-0.15, -0.1) is 0 Å². The SMILES string of the molecule is [N-]=[N+]=Nc1cccc(C(O)C(O)CO)c1. The molecule has 0 amide bonds. The summed E-state index contributed by atoms with van der Waals surface area (Å²) in [6.07, 6.45) is -2.44. The molecule has 0 radical (unpaired) electrons. The van der Waals surface area contributed by atoms with Crippen molar-refractivity contribution in [1.29, 1.82) is 0 Å². The standard InChI is InChI=1S/C9H11N3O3/c10-12-11-7-3-1-2-6(4-7)9(15)8(14)5-13/h1-4,8-9,13-15H,5H2. The molecule has 1 aromatic rings. The van der Waals surface area contributed by atoms with Gasteiger partial charge in [-0.2, -0.15) is 0 Å². The lowest BCUT2D eigenvalue weighted by Gasteiger charge is -2.15. The Labute approximate surface area is 86.0 Å². The van der Waals surface area contributed by atoms with Crippen molar-refractivity contribution < 1.29 is 15.3 Å². The molecule has 6 nitrogen and oxygen atoms in total. The minimum atomic E-state index is -1.24. The van der Waals surface area contributed by atoms with Crippen molar-refractivity contribution in [3.8, 4) is 0 Å². The van der Waals surface area contributed by atoms with Gasteiger partial charge in [0.2, 0.25) is 0 Å². The number of hydrogen-bond donors (Lipinski definition) is 3. The molecule has 2 atom stereocenters. The fraction of sp³-hybridized carbons (Fsp3) is 0.333. The molecule has 0 aliphatic rings. The van der Waals surface area contributed by atoms with Crippen LogP contribution in [0.4, 0.5) is 5.69 Å². The van der Waals surface area contributed by atoms with E-state index >= 15 is 0 Å². The van der Waals surface area contributed by atoms with Crippen molar-refractivity contribution in [2.75, 3.05) is 6.61 Å². The first-order chi connectivity index (χ1) is 7.19. The van der Waals surface area contributed by atoms with Crippen LogP contribution in [-0.4, -0.2) is 28.0 Å². The molecule has 3 N–H and O–H groups in total. The van der Waals surface area contributed by atoms with Crippen molar-refractivity contribution >= 4 is 5.69 Å². The second kappa shape index (κ2) is 5.33. The van der Waals surface area contributed by atoms with Gasteiger partial charge in [-0.3, -0.25) is 0 Å². The van der Waals surface area contributed by atoms with Gasteiger partial charge in [-0.1, -0.05) is 23.3 Å². The lowest BCUT2D eigenvalue weighted by Crippen LogP contribution is -2.21. The number of rotatable bonds is 4. The van der Waals surface area contributed by atoms with Crippen LogP contribution in [0, 0.1) is 0 Å². The summed E-state index contributed by atoms with van der Waals surface area (Å²) in [6.45, 7) is -0.535. The maximum absolute atomic E-state index is 9.54. The Morgan fingerprint density at radius 1 is 1.40 bits per heavy atom. The van der Waals surface area contributed by atoms with Crippen LogP contribution in [0.3, 0.4) is 0 Å². The molecule has 0 saturated carbocycles. The Morgan fingerprint density at radius 3 is 2.73 bits per heavy atom. The summed E-state index contributed by atoms with van der Waals surface area (Å²) in [7, 11) is 0. The highest BCUT2D eigenvalue weighted by molar-refractivity contribution is 5.40. The fourth-order valence-electron chi connectivity index (χ4n) is 1.14. The molecule has 1 aromatic carbocycles. The van der Waals surface area contributed by atoms with E-state index < -0.39 is 18.8 Å². The maximum atomic E-state index is 9.54. The monoisotopic (exact) mass is 209 g/mol. The van der Waals surface area contributed by atoms with Gasteiger partial charge in [0, 0.05) is 10.6 Å². The van der Waals surface area contributed by atoms with Crippen LogP contribution in [-0.2, 0) is 0 Å². The first kappa shape index (κ1) is 11.5. The summed E-state index contributed by atoms with van der Waals surface area (Å²) in [6, 6.07) is 6.18. The van der Waals surface area contributed by atoms with Crippen LogP contribution in [0.25, 0.3) is 10.4 Å². The number of benzene rings is 1. The third kappa shape index (κ3) is 2.93. The average Bonchev–Trinajstić information content (AvgIpc) is 2.28. The summed E-state index contributed by atoms with van der Waals surface area (Å²) in [5.74, 6) is 0. The van der Waals surface area contributed by atoms with Gasteiger partial charge in [0.05, 0.1) is 6.61 Å². The molecule has 0 aromatic heterocycles. The van der Waals surface area contributed by atoms with Crippen molar-refractivity contribution in [3.63, 3.8) is 0 Å². The van der Waals surface area contributed by atoms with Crippen LogP contribution in [0.1, 0.15) is 11.7 Å². The molecule has 0 fully saturated rings. The lowest BCUT2D eigenvalue weighted by atomic mass is 10.0. The zero-order chi connectivity index (χ0) is 11.3. The molecule has 0 saturated heterocycles. The molecule has 0 aliphatic carbocycles. The zero-order valence-electron chi connectivity index (χ0n) is 7.85. The third-order valence-electron chi connectivity index (χ3n) is 1.92. The van der Waals surface area contributed by atoms with Crippen molar-refractivity contribution in [1.82, 2.24) is 0 Å². The van der Waals surface area contributed by atoms with Crippen molar-refractivity contribution in [2.24, 2.45) is 5.11 Å². The molecule has 80 valence electrons. The molecule has 0 bridgehead atoms. The summed E-state index contributed by atoms with van der Waals surface area (Å²) in [5.41, 5.74) is 8.95. The van der Waals surface area contributed by atoms with Gasteiger partial charge in [0.15, 0.2) is 0 Å². The minimum Gasteiger partial charge on any atom is -0.394 e. The quantitative estimate of drug-likeness (QED) is 0.391. The van der Waals surface area contributed by atoms with E-state index in [0.717, 1.165) is 0 Å². The van der Waals surface area contributed by atoms with Gasteiger partial charge in [0.25, 0.3) is 0 Å². The number of aliphatic hydroxyl groups excluding tert-OH is 3. The highest BCUT2D eigenvalue weighted by Crippen LogP contribution is 2.21. The number of aliphatic hydroxyl groups is 3. The molecule has 0 spiro atoms. The Balaban J connectivity index is 2.94. The second-order valence-corrected chi connectivity index (χ2v) is 2.98. The van der Waals surface area contributed by atoms with Gasteiger partial charge in [-0.05, 0) is 17.2 Å². The summed E-state index contributed by atoms with van der Waals surface area (Å²) < 4.78 is 0. The molecule has 0 heterocycles. The molecule has 2 unspecified atom stereocenters. The molecule has 6 heteroatoms. The van der Waals surface area contributed by atoms with E-state index in [1.165, 1.54) is 6.07 Å². The predicted octanol–water partition coefficient (Wildman–Crippen LogP) is 1.01. The zero-order valence-corrected chi connectivity index (χ0v) is 7.85. The first-order valence-corrected chi connectivity index (χ1v) is 4.31. The highest BCUT2D eigenvalue weighted by atomic mass is 16.4. The van der Waals surface area contributed by atoms with Crippen molar-refractivity contribution in [3.05, 3.63) is 40.3 Å². The van der Waals surface area contributed by atoms with Crippen LogP contribution in [0.2, 0.25) is 0 Å². The average molecular weight is 209 g/mol. The number of azide groups is 1. The summed E-state index contributed by atoms with van der Waals surface area (Å²) in [4.78, 5) is 2.60.